The summed E-state index contributed by atoms with van der Waals surface area (Å²) < 4.78 is 14.9. The van der Waals surface area contributed by atoms with Gasteiger partial charge < -0.3 is 5.11 Å². The summed E-state index contributed by atoms with van der Waals surface area (Å²) in [6, 6.07) is 4.21. The van der Waals surface area contributed by atoms with Gasteiger partial charge in [-0.1, -0.05) is 17.7 Å². The van der Waals surface area contributed by atoms with Gasteiger partial charge in [-0.05, 0) is 36.3 Å². The van der Waals surface area contributed by atoms with Crippen LogP contribution < -0.4 is 0 Å². The van der Waals surface area contributed by atoms with Crippen molar-refractivity contribution in [2.75, 3.05) is 0 Å². The van der Waals surface area contributed by atoms with Crippen molar-refractivity contribution in [1.29, 1.82) is 0 Å². The van der Waals surface area contributed by atoms with E-state index in [1.807, 2.05) is 0 Å². The van der Waals surface area contributed by atoms with E-state index in [4.69, 9.17) is 16.7 Å². The summed E-state index contributed by atoms with van der Waals surface area (Å²) in [4.78, 5) is 10.6. The highest BCUT2D eigenvalue weighted by molar-refractivity contribution is 6.31. The van der Waals surface area contributed by atoms with Crippen LogP contribution in [0.25, 0.3) is 6.08 Å². The molecular formula is C14H12ClFN2O2. The molecule has 4 nitrogen and oxygen atoms in total. The van der Waals surface area contributed by atoms with Crippen molar-refractivity contribution >= 4 is 23.6 Å². The van der Waals surface area contributed by atoms with Crippen molar-refractivity contribution in [3.8, 4) is 0 Å². The molecule has 0 unspecified atom stereocenters. The molecule has 1 heterocycles. The molecule has 0 aliphatic heterocycles. The second-order valence-corrected chi connectivity index (χ2v) is 4.68. The summed E-state index contributed by atoms with van der Waals surface area (Å²) in [5, 5.41) is 13.4. The predicted molar refractivity (Wildman–Crippen MR) is 74.1 cm³/mol. The minimum absolute atomic E-state index is 0.382. The van der Waals surface area contributed by atoms with Gasteiger partial charge in [0.05, 0.1) is 17.3 Å². The van der Waals surface area contributed by atoms with Crippen LogP contribution in [0.4, 0.5) is 4.39 Å². The zero-order valence-electron chi connectivity index (χ0n) is 10.7. The predicted octanol–water partition coefficient (Wildman–Crippen LogP) is 3.13. The monoisotopic (exact) mass is 294 g/mol. The number of carboxylic acid groups (broad SMARTS) is 1. The molecule has 0 saturated carbocycles. The molecule has 20 heavy (non-hydrogen) atoms. The Hall–Kier alpha value is -2.14. The Balaban J connectivity index is 2.33. The number of hydrogen-bond donors (Lipinski definition) is 1. The average Bonchev–Trinajstić information content (AvgIpc) is 2.68. The first-order valence-corrected chi connectivity index (χ1v) is 6.22. The number of rotatable bonds is 4. The van der Waals surface area contributed by atoms with E-state index in [0.717, 1.165) is 11.6 Å². The molecule has 0 saturated heterocycles. The Kier molecular flexibility index (Phi) is 4.20. The van der Waals surface area contributed by atoms with Gasteiger partial charge in [0.2, 0.25) is 0 Å². The normalized spacial score (nSPS) is 11.2. The van der Waals surface area contributed by atoms with E-state index in [1.165, 1.54) is 18.2 Å². The number of aryl methyl sites for hydroxylation is 1. The maximum Gasteiger partial charge on any atom is 0.328 e. The number of carbonyl (C=O) groups is 1. The number of hydrogen-bond acceptors (Lipinski definition) is 2. The van der Waals surface area contributed by atoms with Gasteiger partial charge in [-0.15, -0.1) is 0 Å². The zero-order valence-corrected chi connectivity index (χ0v) is 11.4. The summed E-state index contributed by atoms with van der Waals surface area (Å²) in [7, 11) is 0. The minimum atomic E-state index is -1.09. The molecule has 1 N–H and O–H groups in total. The van der Waals surface area contributed by atoms with Crippen LogP contribution in [0, 0.1) is 12.7 Å². The third-order valence-electron chi connectivity index (χ3n) is 2.73. The molecule has 0 spiro atoms. The highest BCUT2D eigenvalue weighted by atomic mass is 35.5. The first kappa shape index (κ1) is 14.3. The van der Waals surface area contributed by atoms with Crippen molar-refractivity contribution in [3.05, 3.63) is 58.1 Å². The Morgan fingerprint density at radius 1 is 1.55 bits per heavy atom. The maximum absolute atomic E-state index is 13.3. The SMILES string of the molecule is Cc1nn(Cc2ccc(F)cc2C=CC(=O)O)cc1Cl. The molecule has 0 radical (unpaired) electrons. The molecule has 0 aliphatic carbocycles. The summed E-state index contributed by atoms with van der Waals surface area (Å²) in [5.41, 5.74) is 1.95. The van der Waals surface area contributed by atoms with Gasteiger partial charge in [0.15, 0.2) is 0 Å². The molecule has 0 fully saturated rings. The van der Waals surface area contributed by atoms with Crippen LogP contribution in [-0.2, 0) is 11.3 Å². The van der Waals surface area contributed by atoms with Crippen LogP contribution in [0.2, 0.25) is 5.02 Å². The van der Waals surface area contributed by atoms with Crippen molar-refractivity contribution < 1.29 is 14.3 Å². The lowest BCUT2D eigenvalue weighted by Gasteiger charge is -2.06. The summed E-state index contributed by atoms with van der Waals surface area (Å²) >= 11 is 5.93. The third kappa shape index (κ3) is 3.45. The Morgan fingerprint density at radius 2 is 2.30 bits per heavy atom. The molecule has 2 rings (SSSR count). The van der Waals surface area contributed by atoms with Gasteiger partial charge in [-0.25, -0.2) is 9.18 Å². The standard InChI is InChI=1S/C14H12ClFN2O2/c1-9-13(15)8-18(17-9)7-11-2-4-12(16)6-10(11)3-5-14(19)20/h2-6,8H,7H2,1H3,(H,19,20). The van der Waals surface area contributed by atoms with Crippen molar-refractivity contribution in [1.82, 2.24) is 9.78 Å². The third-order valence-corrected chi connectivity index (χ3v) is 3.10. The van der Waals surface area contributed by atoms with Gasteiger partial charge in [0.1, 0.15) is 5.82 Å². The lowest BCUT2D eigenvalue weighted by Crippen LogP contribution is -2.03. The molecule has 6 heteroatoms. The largest absolute Gasteiger partial charge is 0.478 e. The molecule has 0 bridgehead atoms. The first-order chi connectivity index (χ1) is 9.45. The van der Waals surface area contributed by atoms with E-state index >= 15 is 0 Å². The van der Waals surface area contributed by atoms with E-state index < -0.39 is 11.8 Å². The molecule has 104 valence electrons. The molecule has 1 aromatic heterocycles. The quantitative estimate of drug-likeness (QED) is 0.882. The smallest absolute Gasteiger partial charge is 0.328 e. The summed E-state index contributed by atoms with van der Waals surface area (Å²) in [6.07, 6.45) is 4.00. The average molecular weight is 295 g/mol. The molecule has 0 atom stereocenters. The Labute approximate surface area is 120 Å². The van der Waals surface area contributed by atoms with Crippen LogP contribution in [0.3, 0.4) is 0 Å². The fraction of sp³-hybridized carbons (Fsp3) is 0.143. The van der Waals surface area contributed by atoms with Crippen LogP contribution in [0.5, 0.6) is 0 Å². The van der Waals surface area contributed by atoms with Crippen LogP contribution >= 0.6 is 11.6 Å². The van der Waals surface area contributed by atoms with Gasteiger partial charge in [0.25, 0.3) is 0 Å². The number of benzene rings is 1. The topological polar surface area (TPSA) is 55.1 Å². The van der Waals surface area contributed by atoms with Crippen LogP contribution in [-0.4, -0.2) is 20.9 Å². The number of aromatic nitrogens is 2. The van der Waals surface area contributed by atoms with Gasteiger partial charge >= 0.3 is 5.97 Å². The lowest BCUT2D eigenvalue weighted by molar-refractivity contribution is -0.131. The number of carboxylic acids is 1. The Bertz CT molecular complexity index is 660. The van der Waals surface area contributed by atoms with Crippen LogP contribution in [0.1, 0.15) is 16.8 Å². The number of halogens is 2. The fourth-order valence-electron chi connectivity index (χ4n) is 1.78. The Morgan fingerprint density at radius 3 is 2.90 bits per heavy atom. The van der Waals surface area contributed by atoms with Crippen LogP contribution in [0.15, 0.2) is 30.5 Å². The number of nitrogens with zero attached hydrogens (tertiary/aromatic N) is 2. The molecular weight excluding hydrogens is 283 g/mol. The first-order valence-electron chi connectivity index (χ1n) is 5.84. The summed E-state index contributed by atoms with van der Waals surface area (Å²) in [6.45, 7) is 2.17. The molecule has 0 amide bonds. The lowest BCUT2D eigenvalue weighted by atomic mass is 10.1. The molecule has 0 aliphatic rings. The van der Waals surface area contributed by atoms with E-state index in [-0.39, 0.29) is 0 Å². The second kappa shape index (κ2) is 5.88. The van der Waals surface area contributed by atoms with Crippen molar-refractivity contribution in [3.63, 3.8) is 0 Å². The summed E-state index contributed by atoms with van der Waals surface area (Å²) in [5.74, 6) is -1.51. The highest BCUT2D eigenvalue weighted by Gasteiger charge is 2.06. The van der Waals surface area contributed by atoms with Gasteiger partial charge in [-0.3, -0.25) is 4.68 Å². The highest BCUT2D eigenvalue weighted by Crippen LogP contribution is 2.17. The molecule has 1 aromatic carbocycles. The molecule has 2 aromatic rings. The van der Waals surface area contributed by atoms with E-state index in [9.17, 15) is 9.18 Å². The van der Waals surface area contributed by atoms with E-state index in [2.05, 4.69) is 5.10 Å². The fourth-order valence-corrected chi connectivity index (χ4v) is 1.93. The van der Waals surface area contributed by atoms with E-state index in [1.54, 1.807) is 23.9 Å². The van der Waals surface area contributed by atoms with Crippen molar-refractivity contribution in [2.45, 2.75) is 13.5 Å². The maximum atomic E-state index is 13.3. The van der Waals surface area contributed by atoms with Crippen molar-refractivity contribution in [2.24, 2.45) is 0 Å². The van der Waals surface area contributed by atoms with E-state index in [0.29, 0.717) is 22.8 Å². The minimum Gasteiger partial charge on any atom is -0.478 e. The zero-order chi connectivity index (χ0) is 14.7. The van der Waals surface area contributed by atoms with Gasteiger partial charge in [0, 0.05) is 12.3 Å². The second-order valence-electron chi connectivity index (χ2n) is 4.27. The van der Waals surface area contributed by atoms with Gasteiger partial charge in [-0.2, -0.15) is 5.10 Å². The number of aliphatic carboxylic acids is 1.